The number of rotatable bonds is 5. The molecule has 3 rings (SSSR count). The van der Waals surface area contributed by atoms with Gasteiger partial charge in [0, 0.05) is 23.7 Å². The van der Waals surface area contributed by atoms with Crippen molar-refractivity contribution in [3.05, 3.63) is 64.5 Å². The Balaban J connectivity index is 2.04. The Bertz CT molecular complexity index is 857. The molecule has 0 spiro atoms. The van der Waals surface area contributed by atoms with Crippen LogP contribution in [0.5, 0.6) is 0 Å². The Hall–Kier alpha value is -2.07. The molecule has 2 aromatic rings. The van der Waals surface area contributed by atoms with Crippen LogP contribution < -0.4 is 4.57 Å². The molecule has 0 aliphatic heterocycles. The molecular weight excluding hydrogens is 340 g/mol. The van der Waals surface area contributed by atoms with E-state index in [9.17, 15) is 4.79 Å². The average Bonchev–Trinajstić information content (AvgIpc) is 2.64. The van der Waals surface area contributed by atoms with Gasteiger partial charge in [0.15, 0.2) is 12.4 Å². The Morgan fingerprint density at radius 1 is 1.15 bits per heavy atom. The van der Waals surface area contributed by atoms with Crippen LogP contribution in [0.15, 0.2) is 41.7 Å². The van der Waals surface area contributed by atoms with Crippen LogP contribution in [-0.4, -0.2) is 17.4 Å². The number of hydrogen-bond acceptors (Lipinski definition) is 3. The van der Waals surface area contributed by atoms with Crippen LogP contribution in [0.25, 0.3) is 0 Å². The zero-order chi connectivity index (χ0) is 18.7. The summed E-state index contributed by atoms with van der Waals surface area (Å²) in [5, 5.41) is 0.455. The molecule has 0 bridgehead atoms. The smallest absolute Gasteiger partial charge is 0.237 e. The number of pyridine rings is 1. The van der Waals surface area contributed by atoms with Crippen molar-refractivity contribution in [1.29, 1.82) is 0 Å². The van der Waals surface area contributed by atoms with Gasteiger partial charge in [-0.2, -0.15) is 4.57 Å². The maximum Gasteiger partial charge on any atom is 0.237 e. The van der Waals surface area contributed by atoms with Gasteiger partial charge in [-0.25, -0.2) is 0 Å². The Labute approximate surface area is 161 Å². The van der Waals surface area contributed by atoms with Crippen molar-refractivity contribution in [3.63, 3.8) is 0 Å². The molecule has 1 aromatic carbocycles. The number of fused-ring (bicyclic) bond motifs is 1. The molecule has 136 valence electrons. The maximum absolute atomic E-state index is 13.3. The second kappa shape index (κ2) is 8.09. The lowest BCUT2D eigenvalue weighted by Crippen LogP contribution is -2.48. The molecule has 0 saturated heterocycles. The molecular formula is C22H26N2OS. The van der Waals surface area contributed by atoms with Crippen molar-refractivity contribution in [1.82, 2.24) is 0 Å². The molecule has 0 radical (unpaired) electrons. The first-order chi connectivity index (χ1) is 12.5. The fourth-order valence-electron chi connectivity index (χ4n) is 3.52. The van der Waals surface area contributed by atoms with Gasteiger partial charge in [-0.05, 0) is 74.3 Å². The molecule has 1 aliphatic rings. The summed E-state index contributed by atoms with van der Waals surface area (Å²) in [5.74, 6) is 0.0102. The van der Waals surface area contributed by atoms with Crippen molar-refractivity contribution in [2.75, 3.05) is 6.54 Å². The van der Waals surface area contributed by atoms with Gasteiger partial charge in [0.05, 0.1) is 0 Å². The van der Waals surface area contributed by atoms with E-state index in [0.717, 1.165) is 18.4 Å². The van der Waals surface area contributed by atoms with E-state index in [1.165, 1.54) is 29.5 Å². The molecule has 1 unspecified atom stereocenters. The lowest BCUT2D eigenvalue weighted by molar-refractivity contribution is -0.692. The molecule has 0 saturated carbocycles. The molecule has 1 aromatic heterocycles. The molecule has 4 heteroatoms. The van der Waals surface area contributed by atoms with Crippen LogP contribution in [-0.2, 0) is 25.5 Å². The van der Waals surface area contributed by atoms with Gasteiger partial charge in [0.25, 0.3) is 0 Å². The Morgan fingerprint density at radius 3 is 2.58 bits per heavy atom. The van der Waals surface area contributed by atoms with E-state index in [4.69, 9.17) is 12.6 Å². The van der Waals surface area contributed by atoms with Crippen LogP contribution in [0.3, 0.4) is 0 Å². The predicted octanol–water partition coefficient (Wildman–Crippen LogP) is 3.86. The van der Waals surface area contributed by atoms with E-state index in [1.54, 1.807) is 0 Å². The van der Waals surface area contributed by atoms with Crippen molar-refractivity contribution < 1.29 is 9.36 Å². The zero-order valence-corrected chi connectivity index (χ0v) is 16.6. The Morgan fingerprint density at radius 2 is 1.88 bits per heavy atom. The highest BCUT2D eigenvalue weighted by Crippen LogP contribution is 2.21. The Kier molecular flexibility index (Phi) is 5.82. The molecule has 0 amide bonds. The zero-order valence-electron chi connectivity index (χ0n) is 15.8. The normalized spacial score (nSPS) is 15.4. The first kappa shape index (κ1) is 18.7. The number of Topliss-reactive ketones (excluding diaryl/α,β-unsaturated/α-hetero) is 1. The highest BCUT2D eigenvalue weighted by molar-refractivity contribution is 7.77. The number of aliphatic imine (C=N–C) groups is 1. The molecule has 26 heavy (non-hydrogen) atoms. The van der Waals surface area contributed by atoms with Gasteiger partial charge in [-0.3, -0.25) is 4.79 Å². The summed E-state index contributed by atoms with van der Waals surface area (Å²) < 4.78 is 1.96. The summed E-state index contributed by atoms with van der Waals surface area (Å²) in [5.41, 5.74) is 5.71. The average molecular weight is 367 g/mol. The number of hydrogen-bond donors (Lipinski definition) is 0. The van der Waals surface area contributed by atoms with Crippen LogP contribution >= 0.6 is 0 Å². The van der Waals surface area contributed by atoms with Crippen LogP contribution in [0.4, 0.5) is 0 Å². The van der Waals surface area contributed by atoms with E-state index in [0.29, 0.717) is 17.2 Å². The third-order valence-corrected chi connectivity index (χ3v) is 5.55. The molecule has 0 fully saturated rings. The van der Waals surface area contributed by atoms with Crippen molar-refractivity contribution in [2.24, 2.45) is 4.99 Å². The number of benzene rings is 1. The second-order valence-corrected chi connectivity index (χ2v) is 7.45. The third kappa shape index (κ3) is 3.85. The number of nitrogens with zero attached hydrogens (tertiary/aromatic N) is 2. The van der Waals surface area contributed by atoms with Gasteiger partial charge in [0.2, 0.25) is 11.8 Å². The summed E-state index contributed by atoms with van der Waals surface area (Å²) in [6.07, 6.45) is 8.73. The number of aryl methyl sites for hydroxylation is 4. The van der Waals surface area contributed by atoms with Gasteiger partial charge < -0.3 is 17.6 Å². The van der Waals surface area contributed by atoms with Crippen LogP contribution in [0, 0.1) is 13.8 Å². The van der Waals surface area contributed by atoms with Crippen LogP contribution in [0.2, 0.25) is 0 Å². The first-order valence-electron chi connectivity index (χ1n) is 9.36. The SMILES string of the molecule is CCN=C([S-])C(C(=O)c1ccc(C)c(C)c1)[n+]1ccc2c(c1)CCCC2. The largest absolute Gasteiger partial charge is 0.758 e. The molecule has 0 N–H and O–H groups in total. The van der Waals surface area contributed by atoms with E-state index < -0.39 is 6.04 Å². The lowest BCUT2D eigenvalue weighted by Gasteiger charge is -2.21. The summed E-state index contributed by atoms with van der Waals surface area (Å²) in [6.45, 7) is 6.61. The van der Waals surface area contributed by atoms with E-state index >= 15 is 0 Å². The summed E-state index contributed by atoms with van der Waals surface area (Å²) in [4.78, 5) is 17.7. The number of carbonyl (C=O) groups is 1. The third-order valence-electron chi connectivity index (χ3n) is 5.19. The maximum atomic E-state index is 13.3. The minimum Gasteiger partial charge on any atom is -0.758 e. The standard InChI is InChI=1S/C22H26N2OS/c1-4-23-22(26)20(21(25)18-10-9-15(2)16(3)13-18)24-12-11-17-7-5-6-8-19(17)14-24/h9-14,20H,4-8H2,1-3H3. The molecule has 3 nitrogen and oxygen atoms in total. The first-order valence-corrected chi connectivity index (χ1v) is 9.77. The minimum atomic E-state index is -0.556. The highest BCUT2D eigenvalue weighted by Gasteiger charge is 2.29. The second-order valence-electron chi connectivity index (χ2n) is 7.03. The molecule has 1 heterocycles. The van der Waals surface area contributed by atoms with Crippen LogP contribution in [0.1, 0.15) is 58.4 Å². The summed E-state index contributed by atoms with van der Waals surface area (Å²) in [7, 11) is 0. The summed E-state index contributed by atoms with van der Waals surface area (Å²) >= 11 is 5.54. The molecule has 1 atom stereocenters. The fraction of sp³-hybridized carbons (Fsp3) is 0.409. The summed E-state index contributed by atoms with van der Waals surface area (Å²) in [6, 6.07) is 7.43. The van der Waals surface area contributed by atoms with Gasteiger partial charge in [0.1, 0.15) is 0 Å². The van der Waals surface area contributed by atoms with E-state index in [1.807, 2.05) is 42.8 Å². The van der Waals surface area contributed by atoms with Crippen molar-refractivity contribution in [3.8, 4) is 0 Å². The fourth-order valence-corrected chi connectivity index (χ4v) is 3.88. The minimum absolute atomic E-state index is 0.0102. The van der Waals surface area contributed by atoms with Crippen molar-refractivity contribution >= 4 is 23.5 Å². The topological polar surface area (TPSA) is 33.3 Å². The number of aromatic nitrogens is 1. The van der Waals surface area contributed by atoms with Crippen molar-refractivity contribution in [2.45, 2.75) is 52.5 Å². The quantitative estimate of drug-likeness (QED) is 0.265. The molecule has 1 aliphatic carbocycles. The predicted molar refractivity (Wildman–Crippen MR) is 108 cm³/mol. The lowest BCUT2D eigenvalue weighted by atomic mass is 9.93. The monoisotopic (exact) mass is 366 g/mol. The van der Waals surface area contributed by atoms with E-state index in [-0.39, 0.29) is 5.78 Å². The number of carbonyl (C=O) groups excluding carboxylic acids is 1. The van der Waals surface area contributed by atoms with E-state index in [2.05, 4.69) is 24.2 Å². The highest BCUT2D eigenvalue weighted by atomic mass is 32.1. The number of ketones is 1. The van der Waals surface area contributed by atoms with Gasteiger partial charge in [-0.15, -0.1) is 0 Å². The van der Waals surface area contributed by atoms with Gasteiger partial charge in [-0.1, -0.05) is 12.1 Å². The van der Waals surface area contributed by atoms with Gasteiger partial charge >= 0.3 is 0 Å².